The van der Waals surface area contributed by atoms with Gasteiger partial charge in [0.2, 0.25) is 0 Å². The fourth-order valence-electron chi connectivity index (χ4n) is 2.38. The number of nitrogens with zero attached hydrogens (tertiary/aromatic N) is 2. The van der Waals surface area contributed by atoms with Gasteiger partial charge in [-0.2, -0.15) is 0 Å². The largest absolute Gasteiger partial charge is 0.389 e. The van der Waals surface area contributed by atoms with E-state index in [1.54, 1.807) is 13.1 Å². The molecule has 0 aromatic carbocycles. The minimum Gasteiger partial charge on any atom is -0.389 e. The van der Waals surface area contributed by atoms with Crippen LogP contribution in [0.2, 0.25) is 0 Å². The molecule has 88 valence electrons. The van der Waals surface area contributed by atoms with Crippen LogP contribution >= 0.6 is 0 Å². The second kappa shape index (κ2) is 4.83. The Labute approximate surface area is 97.1 Å². The van der Waals surface area contributed by atoms with Gasteiger partial charge < -0.3 is 10.0 Å². The third kappa shape index (κ3) is 2.35. The molecule has 2 heterocycles. The molecular weight excluding hydrogens is 200 g/mol. The topological polar surface area (TPSA) is 36.4 Å². The van der Waals surface area contributed by atoms with E-state index in [-0.39, 0.29) is 0 Å². The van der Waals surface area contributed by atoms with Crippen LogP contribution < -0.4 is 4.90 Å². The van der Waals surface area contributed by atoms with Crippen LogP contribution in [0.5, 0.6) is 0 Å². The predicted octanol–water partition coefficient (Wildman–Crippen LogP) is 2.37. The van der Waals surface area contributed by atoms with Gasteiger partial charge >= 0.3 is 0 Å². The van der Waals surface area contributed by atoms with E-state index in [1.165, 1.54) is 12.8 Å². The van der Waals surface area contributed by atoms with Crippen LogP contribution in [0.4, 0.5) is 5.82 Å². The summed E-state index contributed by atoms with van der Waals surface area (Å²) in [5, 5.41) is 9.73. The fraction of sp³-hybridized carbons (Fsp3) is 0.615. The van der Waals surface area contributed by atoms with Gasteiger partial charge in [-0.15, -0.1) is 0 Å². The summed E-state index contributed by atoms with van der Waals surface area (Å²) in [6.07, 6.45) is 3.88. The van der Waals surface area contributed by atoms with E-state index in [2.05, 4.69) is 16.8 Å². The van der Waals surface area contributed by atoms with Crippen molar-refractivity contribution in [2.24, 2.45) is 5.92 Å². The van der Waals surface area contributed by atoms with Crippen LogP contribution in [-0.4, -0.2) is 23.2 Å². The van der Waals surface area contributed by atoms with Gasteiger partial charge in [-0.3, -0.25) is 0 Å². The maximum absolute atomic E-state index is 9.73. The Balaban J connectivity index is 2.25. The highest BCUT2D eigenvalue weighted by molar-refractivity contribution is 5.48. The highest BCUT2D eigenvalue weighted by atomic mass is 16.3. The van der Waals surface area contributed by atoms with Crippen molar-refractivity contribution in [3.05, 3.63) is 23.9 Å². The smallest absolute Gasteiger partial charge is 0.134 e. The molecule has 1 aromatic rings. The molecule has 2 atom stereocenters. The Kier molecular flexibility index (Phi) is 3.44. The first-order chi connectivity index (χ1) is 7.68. The lowest BCUT2D eigenvalue weighted by Gasteiger charge is -2.33. The van der Waals surface area contributed by atoms with Crippen molar-refractivity contribution < 1.29 is 5.11 Å². The molecule has 2 rings (SSSR count). The zero-order valence-electron chi connectivity index (χ0n) is 10.1. The highest BCUT2D eigenvalue weighted by Gasteiger charge is 2.20. The van der Waals surface area contributed by atoms with Crippen LogP contribution in [0.3, 0.4) is 0 Å². The third-order valence-electron chi connectivity index (χ3n) is 3.22. The number of aromatic nitrogens is 1. The first-order valence-corrected chi connectivity index (χ1v) is 6.06. The van der Waals surface area contributed by atoms with E-state index in [4.69, 9.17) is 0 Å². The molecule has 3 nitrogen and oxygen atoms in total. The molecule has 1 saturated heterocycles. The van der Waals surface area contributed by atoms with E-state index in [0.29, 0.717) is 0 Å². The highest BCUT2D eigenvalue weighted by Crippen LogP contribution is 2.27. The minimum absolute atomic E-state index is 0.444. The second-order valence-electron chi connectivity index (χ2n) is 4.79. The Morgan fingerprint density at radius 3 is 3.06 bits per heavy atom. The molecule has 16 heavy (non-hydrogen) atoms. The monoisotopic (exact) mass is 220 g/mol. The number of aliphatic hydroxyl groups is 1. The summed E-state index contributed by atoms with van der Waals surface area (Å²) in [6, 6.07) is 3.85. The Morgan fingerprint density at radius 1 is 1.56 bits per heavy atom. The summed E-state index contributed by atoms with van der Waals surface area (Å²) in [5.41, 5.74) is 0.941. The van der Waals surface area contributed by atoms with Crippen LogP contribution in [0.25, 0.3) is 0 Å². The molecule has 0 radical (unpaired) electrons. The van der Waals surface area contributed by atoms with Gasteiger partial charge in [0.05, 0.1) is 6.10 Å². The predicted molar refractivity (Wildman–Crippen MR) is 65.5 cm³/mol. The van der Waals surface area contributed by atoms with Gasteiger partial charge in [0.25, 0.3) is 0 Å². The number of aliphatic hydroxyl groups excluding tert-OH is 1. The van der Waals surface area contributed by atoms with Crippen molar-refractivity contribution in [3.63, 3.8) is 0 Å². The van der Waals surface area contributed by atoms with Crippen LogP contribution in [0, 0.1) is 5.92 Å². The number of pyridine rings is 1. The normalized spacial score (nSPS) is 23.2. The standard InChI is InChI=1S/C13H20N2O/c1-10-5-4-8-15(9-10)13-12(11(2)16)6-3-7-14-13/h3,6-7,10-11,16H,4-5,8-9H2,1-2H3/t10?,11-/m1/s1. The van der Waals surface area contributed by atoms with Crippen molar-refractivity contribution in [2.45, 2.75) is 32.8 Å². The molecule has 3 heteroatoms. The number of rotatable bonds is 2. The molecule has 0 bridgehead atoms. The molecule has 0 saturated carbocycles. The summed E-state index contributed by atoms with van der Waals surface area (Å²) < 4.78 is 0. The van der Waals surface area contributed by atoms with Gasteiger partial charge in [-0.05, 0) is 31.7 Å². The first kappa shape index (κ1) is 11.4. The molecule has 1 unspecified atom stereocenters. The number of hydrogen-bond acceptors (Lipinski definition) is 3. The van der Waals surface area contributed by atoms with Gasteiger partial charge in [0.1, 0.15) is 5.82 Å². The van der Waals surface area contributed by atoms with Crippen molar-refractivity contribution in [3.8, 4) is 0 Å². The zero-order chi connectivity index (χ0) is 11.5. The average Bonchev–Trinajstić information content (AvgIpc) is 2.29. The van der Waals surface area contributed by atoms with Crippen molar-refractivity contribution >= 4 is 5.82 Å². The van der Waals surface area contributed by atoms with Crippen LogP contribution in [0.1, 0.15) is 38.4 Å². The molecule has 1 aromatic heterocycles. The van der Waals surface area contributed by atoms with E-state index in [9.17, 15) is 5.11 Å². The quantitative estimate of drug-likeness (QED) is 0.831. The minimum atomic E-state index is -0.444. The lowest BCUT2D eigenvalue weighted by atomic mass is 9.99. The van der Waals surface area contributed by atoms with Crippen LogP contribution in [-0.2, 0) is 0 Å². The molecule has 0 aliphatic carbocycles. The third-order valence-corrected chi connectivity index (χ3v) is 3.22. The molecule has 1 aliphatic rings. The lowest BCUT2D eigenvalue weighted by molar-refractivity contribution is 0.199. The summed E-state index contributed by atoms with van der Waals surface area (Å²) in [4.78, 5) is 6.73. The number of anilines is 1. The number of piperidine rings is 1. The van der Waals surface area contributed by atoms with E-state index in [0.717, 1.165) is 30.4 Å². The van der Waals surface area contributed by atoms with E-state index < -0.39 is 6.10 Å². The molecule has 1 N–H and O–H groups in total. The van der Waals surface area contributed by atoms with Crippen LogP contribution in [0.15, 0.2) is 18.3 Å². The van der Waals surface area contributed by atoms with Gasteiger partial charge in [-0.1, -0.05) is 13.0 Å². The molecular formula is C13H20N2O. The van der Waals surface area contributed by atoms with Gasteiger partial charge in [0.15, 0.2) is 0 Å². The number of hydrogen-bond donors (Lipinski definition) is 1. The van der Waals surface area contributed by atoms with Crippen molar-refractivity contribution in [2.75, 3.05) is 18.0 Å². The Bertz CT molecular complexity index is 352. The van der Waals surface area contributed by atoms with Gasteiger partial charge in [-0.25, -0.2) is 4.98 Å². The Hall–Kier alpha value is -1.09. The molecule has 0 spiro atoms. The summed E-state index contributed by atoms with van der Waals surface area (Å²) in [7, 11) is 0. The first-order valence-electron chi connectivity index (χ1n) is 6.06. The average molecular weight is 220 g/mol. The maximum Gasteiger partial charge on any atom is 0.134 e. The summed E-state index contributed by atoms with van der Waals surface area (Å²) in [6.45, 7) is 6.18. The summed E-state index contributed by atoms with van der Waals surface area (Å²) in [5.74, 6) is 1.68. The van der Waals surface area contributed by atoms with Crippen molar-refractivity contribution in [1.82, 2.24) is 4.98 Å². The molecule has 1 fully saturated rings. The van der Waals surface area contributed by atoms with Gasteiger partial charge in [0, 0.05) is 24.8 Å². The van der Waals surface area contributed by atoms with Crippen molar-refractivity contribution in [1.29, 1.82) is 0 Å². The SMILES string of the molecule is CC1CCCN(c2ncccc2[C@@H](C)O)C1. The summed E-state index contributed by atoms with van der Waals surface area (Å²) >= 11 is 0. The van der Waals surface area contributed by atoms with E-state index in [1.807, 2.05) is 12.1 Å². The lowest BCUT2D eigenvalue weighted by Crippen LogP contribution is -2.35. The second-order valence-corrected chi connectivity index (χ2v) is 4.79. The van der Waals surface area contributed by atoms with E-state index >= 15 is 0 Å². The Morgan fingerprint density at radius 2 is 2.38 bits per heavy atom. The zero-order valence-corrected chi connectivity index (χ0v) is 10.1. The fourth-order valence-corrected chi connectivity index (χ4v) is 2.38. The molecule has 1 aliphatic heterocycles. The maximum atomic E-state index is 9.73. The molecule has 0 amide bonds.